The molecule has 0 saturated heterocycles. The van der Waals surface area contributed by atoms with Gasteiger partial charge in [0.25, 0.3) is 0 Å². The van der Waals surface area contributed by atoms with Crippen LogP contribution in [-0.2, 0) is 6.54 Å². The van der Waals surface area contributed by atoms with Crippen LogP contribution >= 0.6 is 11.6 Å². The van der Waals surface area contributed by atoms with Crippen molar-refractivity contribution in [1.82, 2.24) is 4.57 Å². The number of rotatable bonds is 4. The number of amides is 1. The zero-order valence-electron chi connectivity index (χ0n) is 16.8. The minimum absolute atomic E-state index is 0.396. The molecule has 3 aromatic carbocycles. The first-order valence-electron chi connectivity index (χ1n) is 10.6. The molecule has 0 atom stereocenters. The molecule has 2 N–H and O–H groups in total. The molecule has 30 heavy (non-hydrogen) atoms. The van der Waals surface area contributed by atoms with Gasteiger partial charge in [-0.25, -0.2) is 0 Å². The average Bonchev–Trinajstić information content (AvgIpc) is 3.08. The Hall–Kier alpha value is -2.78. The van der Waals surface area contributed by atoms with Gasteiger partial charge in [0.1, 0.15) is 0 Å². The number of nitrogens with two attached hydrogens (primary N) is 1. The second-order valence-corrected chi connectivity index (χ2v) is 8.77. The Kier molecular flexibility index (Phi) is 5.00. The molecule has 1 aromatic heterocycles. The van der Waals surface area contributed by atoms with Gasteiger partial charge in [-0.15, -0.1) is 0 Å². The van der Waals surface area contributed by atoms with E-state index in [1.165, 1.54) is 32.1 Å². The summed E-state index contributed by atoms with van der Waals surface area (Å²) in [6.45, 7) is 0.958. The molecular weight excluding hydrogens is 392 g/mol. The summed E-state index contributed by atoms with van der Waals surface area (Å²) < 4.78 is 2.38. The standard InChI is InChI=1S/C26H24ClN2O/c27-20-12-9-18(10-13-20)19-11-14-21-24(15-19)29(16-17-5-2-1-3-6-17)23-8-4-7-22(25(21)23)26(28)30/h4,7-13,15,17H,1-3,5-6,16H2,(H2,28,30). The molecule has 151 valence electrons. The van der Waals surface area contributed by atoms with Crippen LogP contribution in [0.3, 0.4) is 0 Å². The first-order valence-corrected chi connectivity index (χ1v) is 11.0. The van der Waals surface area contributed by atoms with Gasteiger partial charge in [0, 0.05) is 33.4 Å². The molecule has 1 radical (unpaired) electrons. The molecule has 3 nitrogen and oxygen atoms in total. The fourth-order valence-corrected chi connectivity index (χ4v) is 5.02. The number of aromatic nitrogens is 1. The summed E-state index contributed by atoms with van der Waals surface area (Å²) >= 11 is 6.07. The first-order chi connectivity index (χ1) is 14.6. The highest BCUT2D eigenvalue weighted by Gasteiger charge is 2.20. The first kappa shape index (κ1) is 19.2. The van der Waals surface area contributed by atoms with Crippen molar-refractivity contribution < 1.29 is 4.79 Å². The highest BCUT2D eigenvalue weighted by Crippen LogP contribution is 2.36. The topological polar surface area (TPSA) is 48.0 Å². The molecule has 1 heterocycles. The van der Waals surface area contributed by atoms with Gasteiger partial charge in [-0.3, -0.25) is 4.79 Å². The number of fused-ring (bicyclic) bond motifs is 3. The summed E-state index contributed by atoms with van der Waals surface area (Å²) in [6.07, 6.45) is 6.46. The zero-order chi connectivity index (χ0) is 20.7. The van der Waals surface area contributed by atoms with E-state index in [1.807, 2.05) is 42.5 Å². The number of nitrogens with zero attached hydrogens (tertiary/aromatic N) is 1. The SMILES string of the molecule is NC(=O)c1cccc2c1c1[c]cc(-c3ccc(Cl)cc3)cc1n2CC1CCCCC1. The van der Waals surface area contributed by atoms with Crippen LogP contribution in [0.15, 0.2) is 54.6 Å². The quantitative estimate of drug-likeness (QED) is 0.401. The summed E-state index contributed by atoms with van der Waals surface area (Å²) in [6, 6.07) is 21.4. The molecule has 1 aliphatic carbocycles. The van der Waals surface area contributed by atoms with Crippen molar-refractivity contribution in [1.29, 1.82) is 0 Å². The normalized spacial score (nSPS) is 15.1. The number of benzene rings is 3. The van der Waals surface area contributed by atoms with Crippen LogP contribution in [0.2, 0.25) is 5.02 Å². The van der Waals surface area contributed by atoms with Gasteiger partial charge in [-0.05, 0) is 72.4 Å². The van der Waals surface area contributed by atoms with Crippen LogP contribution in [0, 0.1) is 12.0 Å². The molecule has 0 unspecified atom stereocenters. The highest BCUT2D eigenvalue weighted by atomic mass is 35.5. The Balaban J connectivity index is 1.73. The van der Waals surface area contributed by atoms with Crippen LogP contribution in [0.4, 0.5) is 0 Å². The molecule has 0 bridgehead atoms. The Morgan fingerprint density at radius 1 is 1.03 bits per heavy atom. The van der Waals surface area contributed by atoms with E-state index in [9.17, 15) is 4.79 Å². The molecule has 0 spiro atoms. The number of carbonyl (C=O) groups is 1. The Morgan fingerprint density at radius 3 is 2.53 bits per heavy atom. The maximum atomic E-state index is 12.2. The van der Waals surface area contributed by atoms with Crippen molar-refractivity contribution in [2.75, 3.05) is 0 Å². The van der Waals surface area contributed by atoms with E-state index in [0.29, 0.717) is 11.5 Å². The number of hydrogen-bond donors (Lipinski definition) is 1. The van der Waals surface area contributed by atoms with E-state index in [1.54, 1.807) is 0 Å². The fourth-order valence-electron chi connectivity index (χ4n) is 4.89. The van der Waals surface area contributed by atoms with Crippen LogP contribution in [0.5, 0.6) is 0 Å². The van der Waals surface area contributed by atoms with Crippen molar-refractivity contribution in [3.63, 3.8) is 0 Å². The summed E-state index contributed by atoms with van der Waals surface area (Å²) in [5.41, 5.74) is 10.7. The number of primary amides is 1. The third kappa shape index (κ3) is 3.37. The lowest BCUT2D eigenvalue weighted by atomic mass is 9.89. The Morgan fingerprint density at radius 2 is 1.80 bits per heavy atom. The number of halogens is 1. The van der Waals surface area contributed by atoms with Crippen LogP contribution in [-0.4, -0.2) is 10.5 Å². The van der Waals surface area contributed by atoms with E-state index < -0.39 is 5.91 Å². The van der Waals surface area contributed by atoms with Crippen molar-refractivity contribution in [2.45, 2.75) is 38.6 Å². The van der Waals surface area contributed by atoms with Crippen molar-refractivity contribution in [3.05, 3.63) is 71.2 Å². The summed E-state index contributed by atoms with van der Waals surface area (Å²) in [4.78, 5) is 12.2. The van der Waals surface area contributed by atoms with E-state index in [2.05, 4.69) is 22.8 Å². The largest absolute Gasteiger partial charge is 0.366 e. The number of hydrogen-bond acceptors (Lipinski definition) is 1. The average molecular weight is 416 g/mol. The summed E-state index contributed by atoms with van der Waals surface area (Å²) in [5, 5.41) is 2.60. The van der Waals surface area contributed by atoms with E-state index in [-0.39, 0.29) is 0 Å². The number of carbonyl (C=O) groups excluding carboxylic acids is 1. The smallest absolute Gasteiger partial charge is 0.249 e. The maximum absolute atomic E-state index is 12.2. The second kappa shape index (κ2) is 7.81. The molecule has 0 aliphatic heterocycles. The van der Waals surface area contributed by atoms with Crippen LogP contribution in [0.1, 0.15) is 42.5 Å². The lowest BCUT2D eigenvalue weighted by molar-refractivity contribution is 0.100. The predicted octanol–water partition coefficient (Wildman–Crippen LogP) is 6.59. The Labute approximate surface area is 181 Å². The van der Waals surface area contributed by atoms with E-state index >= 15 is 0 Å². The van der Waals surface area contributed by atoms with Crippen molar-refractivity contribution >= 4 is 39.3 Å². The fraction of sp³-hybridized carbons (Fsp3) is 0.269. The second-order valence-electron chi connectivity index (χ2n) is 8.33. The molecule has 1 amide bonds. The summed E-state index contributed by atoms with van der Waals surface area (Å²) in [5.74, 6) is 0.265. The molecular formula is C26H24ClN2O. The van der Waals surface area contributed by atoms with Crippen LogP contribution in [0.25, 0.3) is 32.9 Å². The van der Waals surface area contributed by atoms with Crippen LogP contribution < -0.4 is 5.73 Å². The molecule has 1 aliphatic rings. The lowest BCUT2D eigenvalue weighted by Crippen LogP contribution is -2.14. The molecule has 1 fully saturated rings. The van der Waals surface area contributed by atoms with Gasteiger partial charge in [0.05, 0.1) is 5.52 Å². The third-order valence-corrected chi connectivity index (χ3v) is 6.65. The van der Waals surface area contributed by atoms with Crippen molar-refractivity contribution in [2.24, 2.45) is 11.7 Å². The van der Waals surface area contributed by atoms with Gasteiger partial charge in [-0.1, -0.05) is 49.1 Å². The molecule has 1 saturated carbocycles. The van der Waals surface area contributed by atoms with Gasteiger partial charge < -0.3 is 10.3 Å². The predicted molar refractivity (Wildman–Crippen MR) is 124 cm³/mol. The van der Waals surface area contributed by atoms with E-state index in [4.69, 9.17) is 17.3 Å². The lowest BCUT2D eigenvalue weighted by Gasteiger charge is -2.23. The monoisotopic (exact) mass is 415 g/mol. The molecule has 4 aromatic rings. The minimum Gasteiger partial charge on any atom is -0.366 e. The zero-order valence-corrected chi connectivity index (χ0v) is 17.6. The molecule has 4 heteroatoms. The highest BCUT2D eigenvalue weighted by molar-refractivity contribution is 6.30. The Bertz CT molecular complexity index is 1230. The van der Waals surface area contributed by atoms with Gasteiger partial charge in [0.2, 0.25) is 5.91 Å². The van der Waals surface area contributed by atoms with E-state index in [0.717, 1.165) is 44.5 Å². The minimum atomic E-state index is -0.396. The van der Waals surface area contributed by atoms with Gasteiger partial charge >= 0.3 is 0 Å². The maximum Gasteiger partial charge on any atom is 0.249 e. The van der Waals surface area contributed by atoms with Crippen molar-refractivity contribution in [3.8, 4) is 11.1 Å². The summed E-state index contributed by atoms with van der Waals surface area (Å²) in [7, 11) is 0. The van der Waals surface area contributed by atoms with Gasteiger partial charge in [-0.2, -0.15) is 0 Å². The van der Waals surface area contributed by atoms with Gasteiger partial charge in [0.15, 0.2) is 0 Å². The molecule has 5 rings (SSSR count). The third-order valence-electron chi connectivity index (χ3n) is 6.40.